The Morgan fingerprint density at radius 2 is 2.16 bits per heavy atom. The number of hydrogen-bond donors (Lipinski definition) is 1. The van der Waals surface area contributed by atoms with E-state index in [1.165, 1.54) is 19.3 Å². The molecule has 4 atom stereocenters. The van der Waals surface area contributed by atoms with Crippen molar-refractivity contribution in [3.63, 3.8) is 0 Å². The molecule has 4 unspecified atom stereocenters. The lowest BCUT2D eigenvalue weighted by Crippen LogP contribution is -2.28. The fourth-order valence-corrected chi connectivity index (χ4v) is 3.65. The number of aryl methyl sites for hydroxylation is 1. The van der Waals surface area contributed by atoms with Gasteiger partial charge in [0.2, 0.25) is 0 Å². The molecule has 2 bridgehead atoms. The van der Waals surface area contributed by atoms with Gasteiger partial charge in [-0.15, -0.1) is 0 Å². The summed E-state index contributed by atoms with van der Waals surface area (Å²) in [4.78, 5) is 4.71. The molecule has 102 valence electrons. The third-order valence-electron chi connectivity index (χ3n) is 4.69. The molecule has 0 heterocycles. The van der Waals surface area contributed by atoms with Gasteiger partial charge in [-0.3, -0.25) is 4.99 Å². The highest BCUT2D eigenvalue weighted by atomic mass is 16.5. The maximum atomic E-state index is 9.99. The molecule has 2 aliphatic carbocycles. The van der Waals surface area contributed by atoms with Crippen molar-refractivity contribution in [1.82, 2.24) is 0 Å². The number of aliphatic imine (C=N–C) groups is 1. The summed E-state index contributed by atoms with van der Waals surface area (Å²) in [5, 5.41) is 9.99. The molecular formula is C16H21NO2. The number of phenolic OH excluding ortho intramolecular Hbond substituents is 1. The van der Waals surface area contributed by atoms with Crippen molar-refractivity contribution in [2.24, 2.45) is 16.8 Å². The van der Waals surface area contributed by atoms with Crippen molar-refractivity contribution in [3.05, 3.63) is 29.3 Å². The molecule has 0 spiro atoms. The van der Waals surface area contributed by atoms with E-state index in [0.29, 0.717) is 23.8 Å². The Morgan fingerprint density at radius 1 is 1.32 bits per heavy atom. The first-order chi connectivity index (χ1) is 9.19. The number of rotatable bonds is 3. The summed E-state index contributed by atoms with van der Waals surface area (Å²) in [7, 11) is 1.80. The largest absolute Gasteiger partial charge is 0.507 e. The Labute approximate surface area is 114 Å². The van der Waals surface area contributed by atoms with Crippen LogP contribution in [0.5, 0.6) is 5.75 Å². The number of para-hydroxylation sites is 1. The van der Waals surface area contributed by atoms with Gasteiger partial charge in [0.25, 0.3) is 0 Å². The maximum absolute atomic E-state index is 9.99. The normalized spacial score (nSPS) is 33.4. The van der Waals surface area contributed by atoms with Crippen LogP contribution in [0.2, 0.25) is 0 Å². The van der Waals surface area contributed by atoms with Gasteiger partial charge in [-0.1, -0.05) is 12.1 Å². The number of aromatic hydroxyl groups is 1. The van der Waals surface area contributed by atoms with Crippen LogP contribution in [0.1, 0.15) is 30.4 Å². The molecule has 2 fully saturated rings. The lowest BCUT2D eigenvalue weighted by molar-refractivity contribution is 0.0501. The summed E-state index contributed by atoms with van der Waals surface area (Å²) >= 11 is 0. The van der Waals surface area contributed by atoms with Gasteiger partial charge in [0, 0.05) is 24.8 Å². The van der Waals surface area contributed by atoms with Gasteiger partial charge < -0.3 is 9.84 Å². The first-order valence-electron chi connectivity index (χ1n) is 7.03. The molecule has 1 aromatic carbocycles. The van der Waals surface area contributed by atoms with Crippen molar-refractivity contribution in [2.75, 3.05) is 7.11 Å². The third-order valence-corrected chi connectivity index (χ3v) is 4.69. The molecule has 0 radical (unpaired) electrons. The van der Waals surface area contributed by atoms with Crippen LogP contribution in [0.25, 0.3) is 0 Å². The van der Waals surface area contributed by atoms with E-state index in [1.54, 1.807) is 7.11 Å². The number of methoxy groups -OCH3 is 1. The minimum atomic E-state index is 0.345. The Kier molecular flexibility index (Phi) is 3.31. The van der Waals surface area contributed by atoms with E-state index in [-0.39, 0.29) is 0 Å². The van der Waals surface area contributed by atoms with Crippen LogP contribution in [0, 0.1) is 18.8 Å². The van der Waals surface area contributed by atoms with Gasteiger partial charge in [-0.25, -0.2) is 0 Å². The van der Waals surface area contributed by atoms with Crippen molar-refractivity contribution >= 4 is 6.21 Å². The number of benzene rings is 1. The van der Waals surface area contributed by atoms with Crippen molar-refractivity contribution in [3.8, 4) is 5.75 Å². The van der Waals surface area contributed by atoms with Crippen molar-refractivity contribution < 1.29 is 9.84 Å². The minimum Gasteiger partial charge on any atom is -0.507 e. The van der Waals surface area contributed by atoms with E-state index in [2.05, 4.69) is 0 Å². The predicted octanol–water partition coefficient (Wildman–Crippen LogP) is 2.93. The number of nitrogens with zero attached hydrogens (tertiary/aromatic N) is 1. The van der Waals surface area contributed by atoms with Gasteiger partial charge in [-0.2, -0.15) is 0 Å². The number of ether oxygens (including phenoxy) is 1. The summed E-state index contributed by atoms with van der Waals surface area (Å²) in [6, 6.07) is 6.14. The summed E-state index contributed by atoms with van der Waals surface area (Å²) in [5.74, 6) is 1.69. The molecule has 1 N–H and O–H groups in total. The second-order valence-corrected chi connectivity index (χ2v) is 5.87. The molecule has 19 heavy (non-hydrogen) atoms. The number of fused-ring (bicyclic) bond motifs is 2. The minimum absolute atomic E-state index is 0.345. The van der Waals surface area contributed by atoms with Gasteiger partial charge in [-0.05, 0) is 43.7 Å². The highest BCUT2D eigenvalue weighted by molar-refractivity contribution is 5.84. The molecule has 1 aromatic rings. The van der Waals surface area contributed by atoms with Crippen molar-refractivity contribution in [2.45, 2.75) is 38.3 Å². The molecule has 0 amide bonds. The topological polar surface area (TPSA) is 41.8 Å². The molecule has 2 saturated carbocycles. The highest BCUT2D eigenvalue weighted by Gasteiger charge is 2.46. The van der Waals surface area contributed by atoms with Crippen molar-refractivity contribution in [1.29, 1.82) is 0 Å². The standard InChI is InChI=1S/C16H21NO2/c1-10-4-3-5-12(16(10)18)9-17-14-7-11-6-13(14)15(8-11)19-2/h3-5,9,11,13-15,18H,6-8H2,1-2H3. The van der Waals surface area contributed by atoms with Crippen LogP contribution in [0.4, 0.5) is 0 Å². The zero-order valence-corrected chi connectivity index (χ0v) is 11.5. The SMILES string of the molecule is COC1CC2CC(N=Cc3cccc(C)c3O)C1C2. The third kappa shape index (κ3) is 2.27. The first-order valence-corrected chi connectivity index (χ1v) is 7.03. The van der Waals surface area contributed by atoms with Crippen LogP contribution in [-0.4, -0.2) is 30.6 Å². The zero-order valence-electron chi connectivity index (χ0n) is 11.5. The van der Waals surface area contributed by atoms with E-state index in [9.17, 15) is 5.11 Å². The van der Waals surface area contributed by atoms with Crippen LogP contribution in [-0.2, 0) is 4.74 Å². The summed E-state index contributed by atoms with van der Waals surface area (Å²) in [5.41, 5.74) is 1.71. The first kappa shape index (κ1) is 12.7. The van der Waals surface area contributed by atoms with Crippen LogP contribution in [0.3, 0.4) is 0 Å². The fraction of sp³-hybridized carbons (Fsp3) is 0.562. The molecule has 3 nitrogen and oxygen atoms in total. The average molecular weight is 259 g/mol. The van der Waals surface area contributed by atoms with Crippen LogP contribution >= 0.6 is 0 Å². The second-order valence-electron chi connectivity index (χ2n) is 5.87. The lowest BCUT2D eigenvalue weighted by atomic mass is 9.93. The van der Waals surface area contributed by atoms with E-state index in [4.69, 9.17) is 9.73 Å². The Balaban J connectivity index is 1.75. The number of phenols is 1. The van der Waals surface area contributed by atoms with E-state index in [0.717, 1.165) is 17.0 Å². The lowest BCUT2D eigenvalue weighted by Gasteiger charge is -2.25. The highest BCUT2D eigenvalue weighted by Crippen LogP contribution is 2.47. The van der Waals surface area contributed by atoms with E-state index >= 15 is 0 Å². The fourth-order valence-electron chi connectivity index (χ4n) is 3.65. The molecule has 0 saturated heterocycles. The quantitative estimate of drug-likeness (QED) is 0.848. The summed E-state index contributed by atoms with van der Waals surface area (Å²) < 4.78 is 5.55. The van der Waals surface area contributed by atoms with Gasteiger partial charge in [0.15, 0.2) is 0 Å². The molecule has 0 aliphatic heterocycles. The second kappa shape index (κ2) is 4.97. The molecule has 3 heteroatoms. The van der Waals surface area contributed by atoms with Gasteiger partial charge in [0.1, 0.15) is 5.75 Å². The van der Waals surface area contributed by atoms with Crippen LogP contribution in [0.15, 0.2) is 23.2 Å². The Bertz CT molecular complexity index is 498. The maximum Gasteiger partial charge on any atom is 0.127 e. The van der Waals surface area contributed by atoms with Gasteiger partial charge in [0.05, 0.1) is 12.1 Å². The molecular weight excluding hydrogens is 238 g/mol. The average Bonchev–Trinajstić information content (AvgIpc) is 2.99. The molecule has 3 rings (SSSR count). The molecule has 2 aliphatic rings. The smallest absolute Gasteiger partial charge is 0.127 e. The van der Waals surface area contributed by atoms with E-state index < -0.39 is 0 Å². The van der Waals surface area contributed by atoms with E-state index in [1.807, 2.05) is 31.3 Å². The van der Waals surface area contributed by atoms with Gasteiger partial charge >= 0.3 is 0 Å². The predicted molar refractivity (Wildman–Crippen MR) is 75.9 cm³/mol. The Morgan fingerprint density at radius 3 is 2.89 bits per heavy atom. The zero-order chi connectivity index (χ0) is 13.4. The number of hydrogen-bond acceptors (Lipinski definition) is 3. The van der Waals surface area contributed by atoms with Crippen LogP contribution < -0.4 is 0 Å². The monoisotopic (exact) mass is 259 g/mol. The molecule has 0 aromatic heterocycles. The Hall–Kier alpha value is -1.35. The summed E-state index contributed by atoms with van der Waals surface area (Å²) in [6.45, 7) is 1.91. The summed E-state index contributed by atoms with van der Waals surface area (Å²) in [6.07, 6.45) is 5.84.